The number of hydrogen-bond donors (Lipinski definition) is 2. The van der Waals surface area contributed by atoms with E-state index in [1.807, 2.05) is 0 Å². The van der Waals surface area contributed by atoms with Crippen LogP contribution < -0.4 is 10.6 Å². The summed E-state index contributed by atoms with van der Waals surface area (Å²) in [6.45, 7) is 1.24. The number of nitrogens with one attached hydrogen (secondary N) is 2. The van der Waals surface area contributed by atoms with Crippen molar-refractivity contribution in [1.82, 2.24) is 20.4 Å². The van der Waals surface area contributed by atoms with Crippen LogP contribution in [0.15, 0.2) is 36.5 Å². The number of piperidine rings is 1. The van der Waals surface area contributed by atoms with E-state index in [0.29, 0.717) is 12.2 Å². The van der Waals surface area contributed by atoms with Gasteiger partial charge < -0.3 is 10.6 Å². The first-order chi connectivity index (χ1) is 11.9. The lowest BCUT2D eigenvalue weighted by Gasteiger charge is -2.22. The van der Waals surface area contributed by atoms with Crippen molar-refractivity contribution < 1.29 is 18.0 Å². The molecule has 0 saturated carbocycles. The maximum atomic E-state index is 12.6. The predicted molar refractivity (Wildman–Crippen MR) is 93.3 cm³/mol. The summed E-state index contributed by atoms with van der Waals surface area (Å²) in [5.74, 6) is -0.0225. The van der Waals surface area contributed by atoms with Gasteiger partial charge in [0.15, 0.2) is 5.69 Å². The van der Waals surface area contributed by atoms with E-state index < -0.39 is 11.9 Å². The van der Waals surface area contributed by atoms with Crippen LogP contribution >= 0.6 is 12.4 Å². The summed E-state index contributed by atoms with van der Waals surface area (Å²) >= 11 is 0. The molecule has 1 atom stereocenters. The molecule has 2 aromatic rings. The molecule has 1 aromatic carbocycles. The van der Waals surface area contributed by atoms with Crippen LogP contribution in [0.5, 0.6) is 0 Å². The van der Waals surface area contributed by atoms with Gasteiger partial charge in [-0.25, -0.2) is 4.68 Å². The van der Waals surface area contributed by atoms with Gasteiger partial charge in [-0.2, -0.15) is 18.3 Å². The lowest BCUT2D eigenvalue weighted by molar-refractivity contribution is -0.141. The molecular weight excluding hydrogens is 369 g/mol. The zero-order chi connectivity index (χ0) is 17.9. The lowest BCUT2D eigenvalue weighted by Crippen LogP contribution is -2.46. The third kappa shape index (κ3) is 4.98. The van der Waals surface area contributed by atoms with E-state index in [-0.39, 0.29) is 24.4 Å². The van der Waals surface area contributed by atoms with Crippen LogP contribution in [0.4, 0.5) is 13.2 Å². The van der Waals surface area contributed by atoms with E-state index in [1.165, 1.54) is 10.9 Å². The summed E-state index contributed by atoms with van der Waals surface area (Å²) in [6, 6.07) is 7.67. The maximum Gasteiger partial charge on any atom is 0.435 e. The minimum atomic E-state index is -4.46. The minimum absolute atomic E-state index is 0. The largest absolute Gasteiger partial charge is 0.435 e. The zero-order valence-electron chi connectivity index (χ0n) is 13.9. The van der Waals surface area contributed by atoms with Crippen molar-refractivity contribution in [2.24, 2.45) is 0 Å². The van der Waals surface area contributed by atoms with E-state index in [9.17, 15) is 18.0 Å². The fourth-order valence-corrected chi connectivity index (χ4v) is 2.77. The number of hydrogen-bond acceptors (Lipinski definition) is 3. The highest BCUT2D eigenvalue weighted by molar-refractivity contribution is 5.85. The number of amides is 1. The number of halogens is 4. The molecule has 142 valence electrons. The van der Waals surface area contributed by atoms with Crippen molar-refractivity contribution >= 4 is 18.3 Å². The van der Waals surface area contributed by atoms with Gasteiger partial charge in [0.2, 0.25) is 5.91 Å². The van der Waals surface area contributed by atoms with E-state index in [4.69, 9.17) is 0 Å². The Morgan fingerprint density at radius 2 is 1.96 bits per heavy atom. The van der Waals surface area contributed by atoms with E-state index in [2.05, 4.69) is 15.7 Å². The van der Waals surface area contributed by atoms with Crippen molar-refractivity contribution in [1.29, 1.82) is 0 Å². The highest BCUT2D eigenvalue weighted by Gasteiger charge is 2.33. The number of benzene rings is 1. The molecule has 0 bridgehead atoms. The molecule has 3 rings (SSSR count). The summed E-state index contributed by atoms with van der Waals surface area (Å²) in [6.07, 6.45) is -0.207. The van der Waals surface area contributed by atoms with Gasteiger partial charge in [0.1, 0.15) is 0 Å². The molecule has 1 aromatic heterocycles. The number of rotatable bonds is 4. The first-order valence-corrected chi connectivity index (χ1v) is 8.17. The van der Waals surface area contributed by atoms with Gasteiger partial charge in [0.05, 0.1) is 11.7 Å². The molecule has 0 spiro atoms. The fourth-order valence-electron chi connectivity index (χ4n) is 2.77. The van der Waals surface area contributed by atoms with Gasteiger partial charge in [0.25, 0.3) is 0 Å². The molecule has 1 amide bonds. The fraction of sp³-hybridized carbons (Fsp3) is 0.412. The van der Waals surface area contributed by atoms with Crippen molar-refractivity contribution in [2.45, 2.75) is 38.0 Å². The van der Waals surface area contributed by atoms with Crippen LogP contribution in [0.25, 0.3) is 5.69 Å². The smallest absolute Gasteiger partial charge is 0.351 e. The minimum Gasteiger partial charge on any atom is -0.351 e. The molecule has 2 heterocycles. The Morgan fingerprint density at radius 1 is 1.23 bits per heavy atom. The maximum absolute atomic E-state index is 12.6. The monoisotopic (exact) mass is 388 g/mol. The van der Waals surface area contributed by atoms with E-state index >= 15 is 0 Å². The third-order valence-corrected chi connectivity index (χ3v) is 4.17. The second-order valence-electron chi connectivity index (χ2n) is 6.03. The zero-order valence-corrected chi connectivity index (χ0v) is 14.7. The van der Waals surface area contributed by atoms with Gasteiger partial charge in [-0.3, -0.25) is 4.79 Å². The molecule has 2 N–H and O–H groups in total. The quantitative estimate of drug-likeness (QED) is 0.846. The van der Waals surface area contributed by atoms with Crippen LogP contribution in [0, 0.1) is 0 Å². The number of nitrogens with zero attached hydrogens (tertiary/aromatic N) is 2. The Morgan fingerprint density at radius 3 is 2.54 bits per heavy atom. The Bertz CT molecular complexity index is 724. The van der Waals surface area contributed by atoms with Crippen molar-refractivity contribution in [3.63, 3.8) is 0 Å². The third-order valence-electron chi connectivity index (χ3n) is 4.17. The highest BCUT2D eigenvalue weighted by Crippen LogP contribution is 2.27. The first-order valence-electron chi connectivity index (χ1n) is 8.17. The molecule has 1 aliphatic heterocycles. The molecule has 5 nitrogen and oxygen atoms in total. The molecule has 1 aliphatic rings. The van der Waals surface area contributed by atoms with Gasteiger partial charge in [-0.1, -0.05) is 18.6 Å². The van der Waals surface area contributed by atoms with Crippen LogP contribution in [-0.2, 0) is 17.5 Å². The van der Waals surface area contributed by atoms with E-state index in [1.54, 1.807) is 24.3 Å². The topological polar surface area (TPSA) is 59.0 Å². The average Bonchev–Trinajstić information content (AvgIpc) is 3.11. The number of aromatic nitrogens is 2. The summed E-state index contributed by atoms with van der Waals surface area (Å²) in [5, 5.41) is 9.59. The standard InChI is InChI=1S/C17H19F3N4O.ClH/c18-17(19,20)15-8-10-24(23-15)13-6-4-12(5-7-13)11-22-16(25)14-3-1-2-9-21-14;/h4-8,10,14,21H,1-3,9,11H2,(H,22,25);1H. The molecule has 0 aliphatic carbocycles. The second-order valence-corrected chi connectivity index (χ2v) is 6.03. The number of alkyl halides is 3. The van der Waals surface area contributed by atoms with Gasteiger partial charge in [-0.05, 0) is 43.1 Å². The molecule has 1 saturated heterocycles. The van der Waals surface area contributed by atoms with Gasteiger partial charge in [-0.15, -0.1) is 12.4 Å². The Labute approximate surface area is 155 Å². The summed E-state index contributed by atoms with van der Waals surface area (Å²) in [7, 11) is 0. The Balaban J connectivity index is 0.00000243. The first kappa shape index (κ1) is 20.3. The van der Waals surface area contributed by atoms with Crippen molar-refractivity contribution in [2.75, 3.05) is 6.54 Å². The predicted octanol–water partition coefficient (Wildman–Crippen LogP) is 3.07. The van der Waals surface area contributed by atoms with Crippen LogP contribution in [0.1, 0.15) is 30.5 Å². The van der Waals surface area contributed by atoms with Crippen LogP contribution in [0.2, 0.25) is 0 Å². The molecule has 9 heteroatoms. The summed E-state index contributed by atoms with van der Waals surface area (Å²) in [5.41, 5.74) is 0.472. The van der Waals surface area contributed by atoms with Gasteiger partial charge >= 0.3 is 6.18 Å². The molecule has 1 unspecified atom stereocenters. The number of carbonyl (C=O) groups is 1. The van der Waals surface area contributed by atoms with Gasteiger partial charge in [0, 0.05) is 12.7 Å². The van der Waals surface area contributed by atoms with Crippen LogP contribution in [0.3, 0.4) is 0 Å². The summed E-state index contributed by atoms with van der Waals surface area (Å²) in [4.78, 5) is 12.1. The average molecular weight is 389 g/mol. The van der Waals surface area contributed by atoms with E-state index in [0.717, 1.165) is 37.4 Å². The molecular formula is C17H20ClF3N4O. The van der Waals surface area contributed by atoms with Crippen LogP contribution in [-0.4, -0.2) is 28.3 Å². The lowest BCUT2D eigenvalue weighted by atomic mass is 10.0. The summed E-state index contributed by atoms with van der Waals surface area (Å²) < 4.78 is 38.9. The normalized spacial score (nSPS) is 17.4. The number of carbonyl (C=O) groups excluding carboxylic acids is 1. The second kappa shape index (κ2) is 8.55. The molecule has 0 radical (unpaired) electrons. The Hall–Kier alpha value is -2.06. The SMILES string of the molecule is Cl.O=C(NCc1ccc(-n2ccc(C(F)(F)F)n2)cc1)C1CCCCN1. The van der Waals surface area contributed by atoms with Crippen molar-refractivity contribution in [3.05, 3.63) is 47.8 Å². The van der Waals surface area contributed by atoms with Crippen molar-refractivity contribution in [3.8, 4) is 5.69 Å². The molecule has 1 fully saturated rings. The highest BCUT2D eigenvalue weighted by atomic mass is 35.5. The Kier molecular flexibility index (Phi) is 6.66. The molecule has 26 heavy (non-hydrogen) atoms.